The third-order valence-corrected chi connectivity index (χ3v) is 6.72. The van der Waals surface area contributed by atoms with Crippen molar-refractivity contribution >= 4 is 34.7 Å². The number of nitro groups is 1. The molecule has 11 nitrogen and oxygen atoms in total. The number of aromatic nitrogens is 1. The monoisotopic (exact) mass is 487 g/mol. The van der Waals surface area contributed by atoms with Crippen molar-refractivity contribution in [2.75, 3.05) is 39.9 Å². The number of imide groups is 1. The number of fused-ring (bicyclic) bond motifs is 1. The number of benzene rings is 1. The molecule has 2 aliphatic rings. The summed E-state index contributed by atoms with van der Waals surface area (Å²) in [5.74, 6) is -1.39. The second-order valence-corrected chi connectivity index (χ2v) is 9.14. The van der Waals surface area contributed by atoms with E-state index in [1.807, 2.05) is 5.38 Å². The average Bonchev–Trinajstić information content (AvgIpc) is 3.36. The highest BCUT2D eigenvalue weighted by atomic mass is 32.1. The summed E-state index contributed by atoms with van der Waals surface area (Å²) in [5.41, 5.74) is 0.276. The fraction of sp³-hybridized carbons (Fsp3) is 0.455. The number of amides is 3. The summed E-state index contributed by atoms with van der Waals surface area (Å²) in [6.45, 7) is 4.38. The predicted molar refractivity (Wildman–Crippen MR) is 122 cm³/mol. The molecule has 1 aromatic heterocycles. The maximum atomic E-state index is 12.6. The zero-order valence-electron chi connectivity index (χ0n) is 18.8. The predicted octanol–water partition coefficient (Wildman–Crippen LogP) is 1.92. The molecule has 0 spiro atoms. The second kappa shape index (κ2) is 10.4. The van der Waals surface area contributed by atoms with Crippen molar-refractivity contribution in [3.05, 3.63) is 55.5 Å². The van der Waals surface area contributed by atoms with Crippen molar-refractivity contribution < 1.29 is 24.0 Å². The number of carbonyl (C=O) groups excluding carboxylic acids is 3. The van der Waals surface area contributed by atoms with E-state index in [9.17, 15) is 24.5 Å². The molecule has 1 fully saturated rings. The fourth-order valence-electron chi connectivity index (χ4n) is 4.03. The summed E-state index contributed by atoms with van der Waals surface area (Å²) in [6, 6.07) is 3.99. The third kappa shape index (κ3) is 5.13. The van der Waals surface area contributed by atoms with E-state index in [4.69, 9.17) is 4.74 Å². The Kier molecular flexibility index (Phi) is 7.29. The number of morpholine rings is 1. The van der Waals surface area contributed by atoms with Crippen LogP contribution in [0.5, 0.6) is 0 Å². The van der Waals surface area contributed by atoms with Gasteiger partial charge in [0.2, 0.25) is 5.91 Å². The number of hydrogen-bond acceptors (Lipinski definition) is 9. The SMILES string of the molecule is CN(Cc1csc(CN2CCOCC2)n1)C(=O)CCCN1C(=O)c2cccc([N+](=O)[O-])c2C1=O. The first-order chi connectivity index (χ1) is 16.3. The van der Waals surface area contributed by atoms with Crippen molar-refractivity contribution in [3.8, 4) is 0 Å². The van der Waals surface area contributed by atoms with Crippen molar-refractivity contribution in [2.24, 2.45) is 0 Å². The van der Waals surface area contributed by atoms with Crippen LogP contribution in [0.15, 0.2) is 23.6 Å². The molecule has 4 rings (SSSR count). The minimum atomic E-state index is -0.691. The molecular formula is C22H25N5O6S. The van der Waals surface area contributed by atoms with Gasteiger partial charge in [0.25, 0.3) is 17.5 Å². The number of carbonyl (C=O) groups is 3. The molecule has 0 bridgehead atoms. The molecule has 0 unspecified atom stereocenters. The lowest BCUT2D eigenvalue weighted by molar-refractivity contribution is -0.385. The third-order valence-electron chi connectivity index (χ3n) is 5.83. The van der Waals surface area contributed by atoms with Crippen molar-refractivity contribution in [3.63, 3.8) is 0 Å². The normalized spacial score (nSPS) is 16.1. The van der Waals surface area contributed by atoms with Crippen LogP contribution < -0.4 is 0 Å². The smallest absolute Gasteiger partial charge is 0.282 e. The van der Waals surface area contributed by atoms with Gasteiger partial charge in [0.05, 0.1) is 42.5 Å². The molecule has 2 aromatic rings. The van der Waals surface area contributed by atoms with Crippen molar-refractivity contribution in [1.82, 2.24) is 19.7 Å². The molecular weight excluding hydrogens is 462 g/mol. The van der Waals surface area contributed by atoms with Crippen LogP contribution in [0.4, 0.5) is 5.69 Å². The molecule has 34 heavy (non-hydrogen) atoms. The van der Waals surface area contributed by atoms with Gasteiger partial charge < -0.3 is 9.64 Å². The van der Waals surface area contributed by atoms with Crippen LogP contribution in [-0.4, -0.2) is 82.2 Å². The maximum absolute atomic E-state index is 12.6. The van der Waals surface area contributed by atoms with Gasteiger partial charge in [-0.2, -0.15) is 0 Å². The van der Waals surface area contributed by atoms with Crippen molar-refractivity contribution in [2.45, 2.75) is 25.9 Å². The molecule has 12 heteroatoms. The first-order valence-electron chi connectivity index (χ1n) is 11.0. The Morgan fingerprint density at radius 3 is 2.76 bits per heavy atom. The van der Waals surface area contributed by atoms with E-state index in [1.165, 1.54) is 18.2 Å². The van der Waals surface area contributed by atoms with Crippen LogP contribution in [-0.2, 0) is 22.6 Å². The van der Waals surface area contributed by atoms with E-state index in [0.29, 0.717) is 6.54 Å². The number of rotatable bonds is 9. The average molecular weight is 488 g/mol. The number of hydrogen-bond donors (Lipinski definition) is 0. The highest BCUT2D eigenvalue weighted by Gasteiger charge is 2.40. The highest BCUT2D eigenvalue weighted by molar-refractivity contribution is 7.09. The van der Waals surface area contributed by atoms with Crippen LogP contribution in [0.2, 0.25) is 0 Å². The molecule has 1 aromatic carbocycles. The lowest BCUT2D eigenvalue weighted by Crippen LogP contribution is -2.35. The molecule has 3 amide bonds. The van der Waals surface area contributed by atoms with Gasteiger partial charge in [-0.25, -0.2) is 4.98 Å². The molecule has 0 atom stereocenters. The molecule has 0 N–H and O–H groups in total. The lowest BCUT2D eigenvalue weighted by atomic mass is 10.1. The Bertz CT molecular complexity index is 1110. The summed E-state index contributed by atoms with van der Waals surface area (Å²) < 4.78 is 5.36. The molecule has 3 heterocycles. The van der Waals surface area contributed by atoms with Gasteiger partial charge in [0.1, 0.15) is 10.6 Å². The van der Waals surface area contributed by atoms with Gasteiger partial charge in [0.15, 0.2) is 0 Å². The summed E-state index contributed by atoms with van der Waals surface area (Å²) in [5, 5.41) is 14.2. The highest BCUT2D eigenvalue weighted by Crippen LogP contribution is 2.30. The van der Waals surface area contributed by atoms with Gasteiger partial charge in [0, 0.05) is 44.5 Å². The Labute approximate surface area is 200 Å². The maximum Gasteiger partial charge on any atom is 0.282 e. The van der Waals surface area contributed by atoms with Gasteiger partial charge in [-0.15, -0.1) is 11.3 Å². The Morgan fingerprint density at radius 2 is 2.03 bits per heavy atom. The Hall–Kier alpha value is -3.22. The quantitative estimate of drug-likeness (QED) is 0.298. The van der Waals surface area contributed by atoms with Gasteiger partial charge in [-0.3, -0.25) is 34.3 Å². The molecule has 0 aliphatic carbocycles. The molecule has 2 aliphatic heterocycles. The second-order valence-electron chi connectivity index (χ2n) is 8.19. The summed E-state index contributed by atoms with van der Waals surface area (Å²) >= 11 is 1.57. The summed E-state index contributed by atoms with van der Waals surface area (Å²) in [6.07, 6.45) is 0.401. The molecule has 180 valence electrons. The van der Waals surface area contributed by atoms with E-state index in [0.717, 1.165) is 48.4 Å². The number of nitrogens with zero attached hydrogens (tertiary/aromatic N) is 5. The minimum Gasteiger partial charge on any atom is -0.379 e. The molecule has 0 saturated carbocycles. The van der Waals surface area contributed by atoms with Gasteiger partial charge in [-0.1, -0.05) is 6.07 Å². The van der Waals surface area contributed by atoms with Crippen LogP contribution in [0.25, 0.3) is 0 Å². The van der Waals surface area contributed by atoms with E-state index < -0.39 is 16.7 Å². The first kappa shape index (κ1) is 23.9. The van der Waals surface area contributed by atoms with Crippen LogP contribution in [0.3, 0.4) is 0 Å². The van der Waals surface area contributed by atoms with E-state index >= 15 is 0 Å². The number of nitro benzene ring substituents is 1. The van der Waals surface area contributed by atoms with E-state index in [2.05, 4.69) is 9.88 Å². The van der Waals surface area contributed by atoms with Crippen molar-refractivity contribution in [1.29, 1.82) is 0 Å². The molecule has 1 saturated heterocycles. The largest absolute Gasteiger partial charge is 0.379 e. The summed E-state index contributed by atoms with van der Waals surface area (Å²) in [4.78, 5) is 57.7. The fourth-order valence-corrected chi connectivity index (χ4v) is 4.85. The zero-order valence-corrected chi connectivity index (χ0v) is 19.6. The first-order valence-corrected chi connectivity index (χ1v) is 11.8. The Balaban J connectivity index is 1.26. The summed E-state index contributed by atoms with van der Waals surface area (Å²) in [7, 11) is 1.69. The molecule has 0 radical (unpaired) electrons. The van der Waals surface area contributed by atoms with E-state index in [-0.39, 0.29) is 42.1 Å². The zero-order chi connectivity index (χ0) is 24.2. The number of thiazole rings is 1. The number of ether oxygens (including phenoxy) is 1. The van der Waals surface area contributed by atoms with Gasteiger partial charge in [-0.05, 0) is 12.5 Å². The standard InChI is InChI=1S/C22H25N5O6S/c1-24(12-15-14-34-18(23-15)13-25-8-10-33-11-9-25)19(28)6-3-7-26-21(29)16-4-2-5-17(27(31)32)20(16)22(26)30/h2,4-5,14H,3,6-13H2,1H3. The van der Waals surface area contributed by atoms with Gasteiger partial charge >= 0.3 is 0 Å². The van der Waals surface area contributed by atoms with Crippen LogP contribution >= 0.6 is 11.3 Å². The van der Waals surface area contributed by atoms with Crippen LogP contribution in [0.1, 0.15) is 44.3 Å². The Morgan fingerprint density at radius 1 is 1.26 bits per heavy atom. The van der Waals surface area contributed by atoms with E-state index in [1.54, 1.807) is 23.3 Å². The lowest BCUT2D eigenvalue weighted by Gasteiger charge is -2.25. The minimum absolute atomic E-state index is 0.0173. The van der Waals surface area contributed by atoms with Crippen LogP contribution in [0, 0.1) is 10.1 Å². The topological polar surface area (TPSA) is 126 Å².